The Morgan fingerprint density at radius 3 is 1.79 bits per heavy atom. The van der Waals surface area contributed by atoms with E-state index in [0.717, 1.165) is 72.5 Å². The van der Waals surface area contributed by atoms with Gasteiger partial charge in [-0.2, -0.15) is 13.2 Å². The third-order valence-corrected chi connectivity index (χ3v) is 23.1. The highest BCUT2D eigenvalue weighted by Crippen LogP contribution is 2.44. The van der Waals surface area contributed by atoms with E-state index in [4.69, 9.17) is 16.3 Å². The van der Waals surface area contributed by atoms with Crippen molar-refractivity contribution in [2.45, 2.75) is 247 Å². The Balaban J connectivity index is 1.27. The highest BCUT2D eigenvalue weighted by molar-refractivity contribution is 6.21. The van der Waals surface area contributed by atoms with Gasteiger partial charge in [0, 0.05) is 81.5 Å². The number of ether oxygens (including phenoxy) is 1. The molecule has 4 saturated carbocycles. The number of nitrogens with zero attached hydrogens (tertiary/aromatic N) is 9. The van der Waals surface area contributed by atoms with E-state index in [2.05, 4.69) is 16.0 Å². The Hall–Kier alpha value is -6.32. The molecule has 100 heavy (non-hydrogen) atoms. The van der Waals surface area contributed by atoms with Gasteiger partial charge in [-0.05, 0) is 126 Å². The number of alkyl halides is 4. The molecule has 3 N–H and O–H groups in total. The first-order chi connectivity index (χ1) is 47.3. The smallest absolute Gasteiger partial charge is 0.382 e. The fraction of sp³-hybridized carbons (Fsp3) is 0.831. The highest BCUT2D eigenvalue weighted by Gasteiger charge is 2.52. The Morgan fingerprint density at radius 1 is 0.580 bits per heavy atom. The van der Waals surface area contributed by atoms with Gasteiger partial charge >= 0.3 is 6.18 Å². The van der Waals surface area contributed by atoms with Crippen molar-refractivity contribution in [3.63, 3.8) is 0 Å². The molecule has 3 unspecified atom stereocenters. The number of amides is 12. The summed E-state index contributed by atoms with van der Waals surface area (Å²) in [4.78, 5) is 190. The fourth-order valence-electron chi connectivity index (χ4n) is 16.5. The molecule has 3 saturated heterocycles. The van der Waals surface area contributed by atoms with Gasteiger partial charge in [-0.25, -0.2) is 0 Å². The van der Waals surface area contributed by atoms with Crippen LogP contribution in [0.3, 0.4) is 0 Å². The molecule has 0 aromatic heterocycles. The van der Waals surface area contributed by atoms with Crippen LogP contribution in [-0.4, -0.2) is 277 Å². The van der Waals surface area contributed by atoms with E-state index in [9.17, 15) is 41.9 Å². The lowest BCUT2D eigenvalue weighted by molar-refractivity contribution is -0.182. The summed E-state index contributed by atoms with van der Waals surface area (Å²) >= 11 is 6.41. The van der Waals surface area contributed by atoms with Gasteiger partial charge in [-0.15, -0.1) is 11.6 Å². The number of carbonyl (C=O) groups excluding carboxylic acids is 12. The zero-order valence-corrected chi connectivity index (χ0v) is 61.6. The van der Waals surface area contributed by atoms with Crippen LogP contribution >= 0.6 is 11.6 Å². The predicted molar refractivity (Wildman–Crippen MR) is 367 cm³/mol. The fourth-order valence-corrected chi connectivity index (χ4v) is 17.1. The van der Waals surface area contributed by atoms with Gasteiger partial charge in [-0.3, -0.25) is 57.5 Å². The van der Waals surface area contributed by atoms with Gasteiger partial charge in [-0.1, -0.05) is 78.1 Å². The molecule has 7 rings (SSSR count). The largest absolute Gasteiger partial charge is 0.393 e. The van der Waals surface area contributed by atoms with Gasteiger partial charge in [0.2, 0.25) is 70.9 Å². The Kier molecular flexibility index (Phi) is 29.7. The van der Waals surface area contributed by atoms with Crippen molar-refractivity contribution in [1.82, 2.24) is 60.0 Å². The zero-order valence-electron chi connectivity index (χ0n) is 60.9. The molecular weight excluding hydrogens is 1320 g/mol. The van der Waals surface area contributed by atoms with E-state index in [1.807, 2.05) is 13.8 Å². The number of carbonyl (C=O) groups is 12. The predicted octanol–water partition coefficient (Wildman–Crippen LogP) is 5.08. The maximum atomic E-state index is 15.8. The highest BCUT2D eigenvalue weighted by atomic mass is 35.5. The maximum absolute atomic E-state index is 15.8. The quantitative estimate of drug-likeness (QED) is 0.228. The van der Waals surface area contributed by atoms with Crippen molar-refractivity contribution in [3.05, 3.63) is 0 Å². The van der Waals surface area contributed by atoms with Crippen molar-refractivity contribution in [1.29, 1.82) is 0 Å². The summed E-state index contributed by atoms with van der Waals surface area (Å²) in [5, 5.41) is 7.46. The second-order valence-corrected chi connectivity index (χ2v) is 30.9. The Bertz CT molecular complexity index is 2890. The molecule has 7 fully saturated rings. The lowest BCUT2D eigenvalue weighted by Gasteiger charge is -2.43. The molecule has 3 heterocycles. The third-order valence-electron chi connectivity index (χ3n) is 22.6. The van der Waals surface area contributed by atoms with Crippen LogP contribution in [0, 0.1) is 29.6 Å². The molecule has 4 aliphatic carbocycles. The second kappa shape index (κ2) is 36.7. The molecule has 10 atom stereocenters. The summed E-state index contributed by atoms with van der Waals surface area (Å²) in [6.45, 7) is 2.47. The minimum absolute atomic E-state index is 0.000364. The standard InChI is InChI=1S/C71H114ClF3N12O13/c1-45(2)37-54-62(92)77-52(44-100-10)64(94)81(5)42-59(90)79(3)43-60(91)83(7)55(39-46-23-14-11-15-24-46)66(96)80(4)41-57(88)76-51(31-29-47-28-30-49(50(72)38-47)71(73,74)75)65(95)87-36-22-27-53(87)63(93)78-70(32-18-19-33-70)69(99)85(9)61(48-25-16-12-17-26-48)68(98)84(8)56(40-58(89)82(54)6)67(97)86-34-20-13-21-35-86/h45-56,61H,11-44H2,1-10H3,(H,76,88)(H,77,92)(H,78,93)/t47?,49?,50?,51-,52-,53-,54-,55-,56-,61-/m0/s1. The molecule has 1 spiro atoms. The van der Waals surface area contributed by atoms with Crippen LogP contribution in [0.2, 0.25) is 0 Å². The molecule has 564 valence electrons. The average Bonchev–Trinajstić information content (AvgIpc) is 1.45. The second-order valence-electron chi connectivity index (χ2n) is 30.4. The zero-order chi connectivity index (χ0) is 73.5. The minimum atomic E-state index is -4.51. The van der Waals surface area contributed by atoms with E-state index in [0.29, 0.717) is 58.0 Å². The number of hydrogen-bond acceptors (Lipinski definition) is 13. The van der Waals surface area contributed by atoms with Crippen LogP contribution in [0.4, 0.5) is 13.2 Å². The van der Waals surface area contributed by atoms with Crippen LogP contribution in [-0.2, 0) is 62.3 Å². The van der Waals surface area contributed by atoms with E-state index in [1.54, 1.807) is 4.90 Å². The van der Waals surface area contributed by atoms with Gasteiger partial charge in [0.05, 0.1) is 38.6 Å². The first-order valence-corrected chi connectivity index (χ1v) is 37.2. The number of methoxy groups -OCH3 is 1. The van der Waals surface area contributed by atoms with Crippen molar-refractivity contribution in [3.8, 4) is 0 Å². The molecule has 0 bridgehead atoms. The number of piperidine rings is 1. The SMILES string of the molecule is COC[C@@H]1NC(=O)[C@H](CC(C)C)N(C)C(=O)C[C@@H](C(=O)N2CCCCC2)N(C)C(=O)[C@H](C2CCCCC2)N(C)C(=O)C2(CCCC2)NC(=O)[C@@H]2CCCN2C(=O)[C@H](CCC2CCC(C(F)(F)F)C(Cl)C2)NC(=O)CN(C)C(=O)[C@H](CC2CCCCC2)N(C)C(=O)CN(C)C(=O)CN(C)C1=O. The summed E-state index contributed by atoms with van der Waals surface area (Å²) in [5.41, 5.74) is -1.55. The lowest BCUT2D eigenvalue weighted by Crippen LogP contribution is -2.65. The number of hydrogen-bond donors (Lipinski definition) is 3. The number of nitrogens with one attached hydrogen (secondary N) is 3. The molecule has 25 nitrogen and oxygen atoms in total. The molecule has 0 aromatic rings. The van der Waals surface area contributed by atoms with Crippen LogP contribution in [0.25, 0.3) is 0 Å². The molecule has 0 aromatic carbocycles. The average molecular weight is 1440 g/mol. The van der Waals surface area contributed by atoms with Gasteiger partial charge in [0.25, 0.3) is 0 Å². The van der Waals surface area contributed by atoms with E-state index in [-0.39, 0.29) is 95.1 Å². The van der Waals surface area contributed by atoms with Crippen LogP contribution in [0.1, 0.15) is 187 Å². The summed E-state index contributed by atoms with van der Waals surface area (Å²) in [5.74, 6) is -10.4. The first-order valence-electron chi connectivity index (χ1n) is 36.8. The number of rotatable bonds is 11. The molecular formula is C71H114ClF3N12O13. The first kappa shape index (κ1) is 81.0. The summed E-state index contributed by atoms with van der Waals surface area (Å²) < 4.78 is 47.5. The molecule has 7 aliphatic rings. The molecule has 29 heteroatoms. The maximum Gasteiger partial charge on any atom is 0.393 e. The molecule has 12 amide bonds. The third kappa shape index (κ3) is 20.7. The molecule has 3 aliphatic heterocycles. The van der Waals surface area contributed by atoms with Crippen LogP contribution < -0.4 is 16.0 Å². The van der Waals surface area contributed by atoms with Gasteiger partial charge in [0.15, 0.2) is 0 Å². The summed E-state index contributed by atoms with van der Waals surface area (Å²) in [6.07, 6.45) is 7.36. The summed E-state index contributed by atoms with van der Waals surface area (Å²) in [6, 6.07) is -8.79. The number of likely N-dealkylation sites (tertiary alicyclic amines) is 1. The van der Waals surface area contributed by atoms with Crippen molar-refractivity contribution < 1.29 is 75.4 Å². The normalized spacial score (nSPS) is 29.8. The van der Waals surface area contributed by atoms with E-state index < -0.39 is 168 Å². The van der Waals surface area contributed by atoms with Crippen molar-refractivity contribution in [2.24, 2.45) is 29.6 Å². The number of likely N-dealkylation sites (N-methyl/N-ethyl adjacent to an activating group) is 7. The van der Waals surface area contributed by atoms with E-state index in [1.165, 1.54) is 80.9 Å². The van der Waals surface area contributed by atoms with Gasteiger partial charge < -0.3 is 64.8 Å². The Morgan fingerprint density at radius 2 is 1.18 bits per heavy atom. The topological polar surface area (TPSA) is 279 Å². The number of fused-ring (bicyclic) bond motifs is 1. The van der Waals surface area contributed by atoms with Crippen molar-refractivity contribution in [2.75, 3.05) is 102 Å². The van der Waals surface area contributed by atoms with Crippen LogP contribution in [0.15, 0.2) is 0 Å². The van der Waals surface area contributed by atoms with Gasteiger partial charge in [0.1, 0.15) is 47.8 Å². The summed E-state index contributed by atoms with van der Waals surface area (Å²) in [7, 11) is 11.3. The molecule has 0 radical (unpaired) electrons. The van der Waals surface area contributed by atoms with Crippen LogP contribution in [0.5, 0.6) is 0 Å². The number of halogens is 4. The lowest BCUT2D eigenvalue weighted by atomic mass is 9.78. The Labute approximate surface area is 594 Å². The minimum Gasteiger partial charge on any atom is -0.382 e. The monoisotopic (exact) mass is 1430 g/mol. The van der Waals surface area contributed by atoms with E-state index >= 15 is 28.8 Å². The van der Waals surface area contributed by atoms with Crippen molar-refractivity contribution >= 4 is 82.5 Å².